The molecule has 0 aliphatic heterocycles. The van der Waals surface area contributed by atoms with Gasteiger partial charge in [-0.05, 0) is 81.6 Å². The Balaban J connectivity index is 2.32. The molecule has 0 aliphatic carbocycles. The van der Waals surface area contributed by atoms with E-state index in [0.717, 1.165) is 35.3 Å². The molecule has 2 aromatic carbocycles. The molecule has 2 heteroatoms. The number of benzene rings is 2. The summed E-state index contributed by atoms with van der Waals surface area (Å²) in [5.74, 6) is 0.103. The van der Waals surface area contributed by atoms with Crippen LogP contribution in [-0.4, -0.2) is 18.9 Å². The first-order valence-electron chi connectivity index (χ1n) is 7.95. The zero-order valence-corrected chi connectivity index (χ0v) is 14.2. The van der Waals surface area contributed by atoms with Crippen molar-refractivity contribution in [2.45, 2.75) is 34.6 Å². The van der Waals surface area contributed by atoms with Gasteiger partial charge in [-0.1, -0.05) is 6.07 Å². The fourth-order valence-corrected chi connectivity index (χ4v) is 2.77. The second kappa shape index (κ2) is 6.78. The second-order valence-corrected chi connectivity index (χ2v) is 5.80. The second-order valence-electron chi connectivity index (χ2n) is 5.80. The van der Waals surface area contributed by atoms with Gasteiger partial charge in [0.25, 0.3) is 0 Å². The third-order valence-electron chi connectivity index (χ3n) is 4.34. The van der Waals surface area contributed by atoms with Gasteiger partial charge in [0, 0.05) is 29.9 Å². The molecule has 2 aromatic rings. The van der Waals surface area contributed by atoms with Crippen LogP contribution in [0.15, 0.2) is 36.4 Å². The lowest BCUT2D eigenvalue weighted by molar-refractivity contribution is 0.103. The average Bonchev–Trinajstić information content (AvgIpc) is 2.52. The van der Waals surface area contributed by atoms with Gasteiger partial charge in [-0.25, -0.2) is 0 Å². The molecule has 0 atom stereocenters. The van der Waals surface area contributed by atoms with Gasteiger partial charge in [0.05, 0.1) is 0 Å². The van der Waals surface area contributed by atoms with Crippen LogP contribution in [-0.2, 0) is 0 Å². The quantitative estimate of drug-likeness (QED) is 0.746. The number of hydrogen-bond acceptors (Lipinski definition) is 2. The summed E-state index contributed by atoms with van der Waals surface area (Å²) in [6.45, 7) is 12.4. The monoisotopic (exact) mass is 295 g/mol. The molecule has 0 bridgehead atoms. The van der Waals surface area contributed by atoms with Gasteiger partial charge < -0.3 is 4.90 Å². The highest BCUT2D eigenvalue weighted by Crippen LogP contribution is 2.21. The standard InChI is InChI=1S/C20H25NO/c1-6-21(7-2)18-10-8-17(9-11-18)20(22)19-13-15(4)14(3)12-16(19)5/h8-13H,6-7H2,1-5H3. The van der Waals surface area contributed by atoms with Crippen molar-refractivity contribution < 1.29 is 4.79 Å². The number of hydrogen-bond donors (Lipinski definition) is 0. The van der Waals surface area contributed by atoms with E-state index in [2.05, 4.69) is 38.7 Å². The minimum Gasteiger partial charge on any atom is -0.372 e. The third-order valence-corrected chi connectivity index (χ3v) is 4.34. The van der Waals surface area contributed by atoms with Crippen molar-refractivity contribution in [3.05, 3.63) is 64.2 Å². The molecule has 22 heavy (non-hydrogen) atoms. The first-order chi connectivity index (χ1) is 10.5. The molecule has 0 spiro atoms. The molecular formula is C20H25NO. The van der Waals surface area contributed by atoms with E-state index in [0.29, 0.717) is 0 Å². The summed E-state index contributed by atoms with van der Waals surface area (Å²) in [6, 6.07) is 12.0. The van der Waals surface area contributed by atoms with Crippen LogP contribution in [0.5, 0.6) is 0 Å². The van der Waals surface area contributed by atoms with Crippen molar-refractivity contribution in [3.8, 4) is 0 Å². The third kappa shape index (κ3) is 3.22. The molecule has 0 radical (unpaired) electrons. The van der Waals surface area contributed by atoms with E-state index in [1.54, 1.807) is 0 Å². The molecule has 2 nitrogen and oxygen atoms in total. The van der Waals surface area contributed by atoms with Crippen LogP contribution in [0.4, 0.5) is 5.69 Å². The van der Waals surface area contributed by atoms with Crippen molar-refractivity contribution in [1.82, 2.24) is 0 Å². The van der Waals surface area contributed by atoms with Crippen LogP contribution in [0.25, 0.3) is 0 Å². The van der Waals surface area contributed by atoms with Gasteiger partial charge in [-0.3, -0.25) is 4.79 Å². The van der Waals surface area contributed by atoms with Gasteiger partial charge in [0.15, 0.2) is 5.78 Å². The minimum atomic E-state index is 0.103. The Morgan fingerprint density at radius 1 is 0.864 bits per heavy atom. The number of anilines is 1. The van der Waals surface area contributed by atoms with E-state index in [1.165, 1.54) is 11.3 Å². The van der Waals surface area contributed by atoms with Crippen molar-refractivity contribution in [2.75, 3.05) is 18.0 Å². The molecule has 116 valence electrons. The van der Waals surface area contributed by atoms with Crippen LogP contribution >= 0.6 is 0 Å². The fraction of sp³-hybridized carbons (Fsp3) is 0.350. The van der Waals surface area contributed by atoms with Crippen LogP contribution in [0, 0.1) is 20.8 Å². The lowest BCUT2D eigenvalue weighted by Gasteiger charge is -2.21. The summed E-state index contributed by atoms with van der Waals surface area (Å²) < 4.78 is 0. The van der Waals surface area contributed by atoms with Gasteiger partial charge in [-0.2, -0.15) is 0 Å². The normalized spacial score (nSPS) is 10.6. The van der Waals surface area contributed by atoms with E-state index >= 15 is 0 Å². The van der Waals surface area contributed by atoms with Gasteiger partial charge in [-0.15, -0.1) is 0 Å². The summed E-state index contributed by atoms with van der Waals surface area (Å²) in [7, 11) is 0. The zero-order chi connectivity index (χ0) is 16.3. The number of carbonyl (C=O) groups excluding carboxylic acids is 1. The Labute approximate surface area is 133 Å². The lowest BCUT2D eigenvalue weighted by Crippen LogP contribution is -2.21. The van der Waals surface area contributed by atoms with E-state index in [1.807, 2.05) is 37.3 Å². The molecule has 0 amide bonds. The minimum absolute atomic E-state index is 0.103. The lowest BCUT2D eigenvalue weighted by atomic mass is 9.95. The highest BCUT2D eigenvalue weighted by Gasteiger charge is 2.13. The van der Waals surface area contributed by atoms with E-state index < -0.39 is 0 Å². The summed E-state index contributed by atoms with van der Waals surface area (Å²) >= 11 is 0. The van der Waals surface area contributed by atoms with Crippen LogP contribution in [0.2, 0.25) is 0 Å². The number of rotatable bonds is 5. The summed E-state index contributed by atoms with van der Waals surface area (Å²) in [6.07, 6.45) is 0. The molecule has 0 heterocycles. The number of nitrogens with zero attached hydrogens (tertiary/aromatic N) is 1. The van der Waals surface area contributed by atoms with Gasteiger partial charge in [0.2, 0.25) is 0 Å². The average molecular weight is 295 g/mol. The highest BCUT2D eigenvalue weighted by molar-refractivity contribution is 6.10. The smallest absolute Gasteiger partial charge is 0.193 e. The van der Waals surface area contributed by atoms with E-state index in [9.17, 15) is 4.79 Å². The van der Waals surface area contributed by atoms with Crippen molar-refractivity contribution in [2.24, 2.45) is 0 Å². The van der Waals surface area contributed by atoms with E-state index in [4.69, 9.17) is 0 Å². The van der Waals surface area contributed by atoms with Crippen LogP contribution < -0.4 is 4.90 Å². The number of ketones is 1. The number of aryl methyl sites for hydroxylation is 3. The molecule has 2 rings (SSSR count). The van der Waals surface area contributed by atoms with Crippen molar-refractivity contribution in [3.63, 3.8) is 0 Å². The summed E-state index contributed by atoms with van der Waals surface area (Å²) in [4.78, 5) is 15.0. The Bertz CT molecular complexity index is 667. The summed E-state index contributed by atoms with van der Waals surface area (Å²) in [5.41, 5.74) is 6.15. The van der Waals surface area contributed by atoms with E-state index in [-0.39, 0.29) is 5.78 Å². The summed E-state index contributed by atoms with van der Waals surface area (Å²) in [5, 5.41) is 0. The molecule has 0 fully saturated rings. The maximum atomic E-state index is 12.7. The topological polar surface area (TPSA) is 20.3 Å². The maximum absolute atomic E-state index is 12.7. The number of carbonyl (C=O) groups is 1. The molecule has 0 unspecified atom stereocenters. The molecule has 0 aromatic heterocycles. The van der Waals surface area contributed by atoms with Gasteiger partial charge in [0.1, 0.15) is 0 Å². The molecule has 0 aliphatic rings. The predicted molar refractivity (Wildman–Crippen MR) is 94.1 cm³/mol. The Morgan fingerprint density at radius 2 is 1.41 bits per heavy atom. The molecule has 0 N–H and O–H groups in total. The molecule has 0 saturated carbocycles. The molecule has 0 saturated heterocycles. The first kappa shape index (κ1) is 16.3. The van der Waals surface area contributed by atoms with Crippen molar-refractivity contribution >= 4 is 11.5 Å². The Hall–Kier alpha value is -2.09. The first-order valence-corrected chi connectivity index (χ1v) is 7.95. The predicted octanol–water partition coefficient (Wildman–Crippen LogP) is 4.69. The molecular weight excluding hydrogens is 270 g/mol. The Morgan fingerprint density at radius 3 is 1.95 bits per heavy atom. The Kier molecular flexibility index (Phi) is 5.02. The highest BCUT2D eigenvalue weighted by atomic mass is 16.1. The van der Waals surface area contributed by atoms with Crippen molar-refractivity contribution in [1.29, 1.82) is 0 Å². The van der Waals surface area contributed by atoms with Crippen LogP contribution in [0.1, 0.15) is 46.5 Å². The van der Waals surface area contributed by atoms with Crippen LogP contribution in [0.3, 0.4) is 0 Å². The zero-order valence-electron chi connectivity index (χ0n) is 14.2. The fourth-order valence-electron chi connectivity index (χ4n) is 2.77. The van der Waals surface area contributed by atoms with Gasteiger partial charge >= 0.3 is 0 Å². The largest absolute Gasteiger partial charge is 0.372 e. The SMILES string of the molecule is CCN(CC)c1ccc(C(=O)c2cc(C)c(C)cc2C)cc1. The maximum Gasteiger partial charge on any atom is 0.193 e.